The number of aryl methyl sites for hydroxylation is 1. The first kappa shape index (κ1) is 36.4. The van der Waals surface area contributed by atoms with Gasteiger partial charge in [-0.15, -0.1) is 0 Å². The standard InChI is InChI=1S/C37H48F5N3O2/c1-6-8-10-19-45-22-28(29-30(38)32(40)34(42)33(41)31(29)39)43-35(45)27(21-23-11-17-26(18-12-23)47-20-9-7-2)44-36(46)24-13-15-25(16-14-24)37(3,4)5/h11-12,17-18,22,24-25,27H,6-10,13-16,19-21H2,1-5H3,(H,44,46)/t24?,25?,27-/m0/s1. The minimum absolute atomic E-state index is 0.136. The van der Waals surface area contributed by atoms with Gasteiger partial charge in [-0.05, 0) is 74.0 Å². The molecule has 2 aromatic carbocycles. The second kappa shape index (κ2) is 16.1. The number of hydrogen-bond acceptors (Lipinski definition) is 3. The van der Waals surface area contributed by atoms with Gasteiger partial charge in [0.1, 0.15) is 11.6 Å². The molecule has 1 aliphatic carbocycles. The van der Waals surface area contributed by atoms with Crippen molar-refractivity contribution in [2.24, 2.45) is 17.3 Å². The first-order chi connectivity index (χ1) is 22.3. The summed E-state index contributed by atoms with van der Waals surface area (Å²) in [7, 11) is 0. The maximum Gasteiger partial charge on any atom is 0.223 e. The van der Waals surface area contributed by atoms with Crippen LogP contribution in [0, 0.1) is 46.3 Å². The van der Waals surface area contributed by atoms with Gasteiger partial charge in [-0.1, -0.05) is 66.0 Å². The Balaban J connectivity index is 1.71. The van der Waals surface area contributed by atoms with Crippen LogP contribution >= 0.6 is 0 Å². The topological polar surface area (TPSA) is 56.1 Å². The highest BCUT2D eigenvalue weighted by Crippen LogP contribution is 2.40. The Morgan fingerprint density at radius 2 is 1.49 bits per heavy atom. The van der Waals surface area contributed by atoms with Gasteiger partial charge in [0, 0.05) is 18.7 Å². The van der Waals surface area contributed by atoms with E-state index in [-0.39, 0.29) is 22.9 Å². The molecule has 0 unspecified atom stereocenters. The van der Waals surface area contributed by atoms with Gasteiger partial charge in [0.05, 0.1) is 23.9 Å². The number of carbonyl (C=O) groups excluding carboxylic acids is 1. The van der Waals surface area contributed by atoms with Gasteiger partial charge < -0.3 is 14.6 Å². The summed E-state index contributed by atoms with van der Waals surface area (Å²) in [6.45, 7) is 11.8. The van der Waals surface area contributed by atoms with Crippen LogP contribution in [-0.4, -0.2) is 22.1 Å². The first-order valence-electron chi connectivity index (χ1n) is 17.0. The molecule has 1 N–H and O–H groups in total. The number of ether oxygens (including phenoxy) is 1. The number of aromatic nitrogens is 2. The lowest BCUT2D eigenvalue weighted by atomic mass is 9.69. The zero-order valence-electron chi connectivity index (χ0n) is 28.2. The van der Waals surface area contributed by atoms with Gasteiger partial charge in [0.2, 0.25) is 11.7 Å². The lowest BCUT2D eigenvalue weighted by Gasteiger charge is -2.36. The molecule has 4 rings (SSSR count). The molecular formula is C37H48F5N3O2. The highest BCUT2D eigenvalue weighted by atomic mass is 19.2. The van der Waals surface area contributed by atoms with Crippen molar-refractivity contribution in [1.82, 2.24) is 14.9 Å². The number of carbonyl (C=O) groups is 1. The van der Waals surface area contributed by atoms with Crippen LogP contribution in [0.2, 0.25) is 0 Å². The monoisotopic (exact) mass is 661 g/mol. The fraction of sp³-hybridized carbons (Fsp3) is 0.568. The van der Waals surface area contributed by atoms with E-state index in [1.54, 1.807) is 4.57 Å². The summed E-state index contributed by atoms with van der Waals surface area (Å²) < 4.78 is 79.7. The molecule has 1 amide bonds. The molecule has 1 atom stereocenters. The second-order valence-electron chi connectivity index (χ2n) is 13.9. The molecule has 0 bridgehead atoms. The van der Waals surface area contributed by atoms with E-state index in [1.807, 2.05) is 31.2 Å². The van der Waals surface area contributed by atoms with Crippen molar-refractivity contribution in [3.8, 4) is 17.0 Å². The third kappa shape index (κ3) is 8.93. The molecule has 258 valence electrons. The number of imidazole rings is 1. The third-order valence-electron chi connectivity index (χ3n) is 9.36. The van der Waals surface area contributed by atoms with Crippen molar-refractivity contribution in [2.45, 2.75) is 111 Å². The Bertz CT molecular complexity index is 1460. The Morgan fingerprint density at radius 1 is 0.894 bits per heavy atom. The van der Waals surface area contributed by atoms with E-state index in [0.29, 0.717) is 43.5 Å². The minimum Gasteiger partial charge on any atom is -0.494 e. The molecule has 1 aliphatic rings. The first-order valence-corrected chi connectivity index (χ1v) is 17.0. The van der Waals surface area contributed by atoms with Gasteiger partial charge in [0.25, 0.3) is 0 Å². The highest BCUT2D eigenvalue weighted by molar-refractivity contribution is 5.79. The van der Waals surface area contributed by atoms with Crippen LogP contribution < -0.4 is 10.1 Å². The molecule has 1 heterocycles. The predicted molar refractivity (Wildman–Crippen MR) is 173 cm³/mol. The van der Waals surface area contributed by atoms with Crippen molar-refractivity contribution in [2.75, 3.05) is 6.61 Å². The number of nitrogens with zero attached hydrogens (tertiary/aromatic N) is 2. The van der Waals surface area contributed by atoms with Crippen molar-refractivity contribution in [3.63, 3.8) is 0 Å². The third-order valence-corrected chi connectivity index (χ3v) is 9.36. The van der Waals surface area contributed by atoms with Gasteiger partial charge in [-0.2, -0.15) is 0 Å². The molecule has 1 aromatic heterocycles. The predicted octanol–water partition coefficient (Wildman–Crippen LogP) is 9.87. The molecule has 10 heteroatoms. The Hall–Kier alpha value is -3.43. The lowest BCUT2D eigenvalue weighted by molar-refractivity contribution is -0.127. The molecule has 0 aliphatic heterocycles. The van der Waals surface area contributed by atoms with E-state index in [2.05, 4.69) is 38.0 Å². The van der Waals surface area contributed by atoms with E-state index in [0.717, 1.165) is 56.9 Å². The number of amides is 1. The molecule has 5 nitrogen and oxygen atoms in total. The summed E-state index contributed by atoms with van der Waals surface area (Å²) in [4.78, 5) is 18.3. The number of rotatable bonds is 14. The van der Waals surface area contributed by atoms with E-state index < -0.39 is 40.7 Å². The maximum absolute atomic E-state index is 14.9. The van der Waals surface area contributed by atoms with Crippen molar-refractivity contribution < 1.29 is 31.5 Å². The largest absolute Gasteiger partial charge is 0.494 e. The number of unbranched alkanes of at least 4 members (excludes halogenated alkanes) is 3. The number of halogens is 5. The lowest BCUT2D eigenvalue weighted by Crippen LogP contribution is -2.38. The molecule has 47 heavy (non-hydrogen) atoms. The van der Waals surface area contributed by atoms with Gasteiger partial charge in [-0.3, -0.25) is 4.79 Å². The molecule has 1 saturated carbocycles. The summed E-state index contributed by atoms with van der Waals surface area (Å²) in [5, 5.41) is 3.17. The van der Waals surface area contributed by atoms with E-state index in [4.69, 9.17) is 4.74 Å². The fourth-order valence-corrected chi connectivity index (χ4v) is 6.38. The maximum atomic E-state index is 14.9. The zero-order valence-corrected chi connectivity index (χ0v) is 28.2. The van der Waals surface area contributed by atoms with E-state index in [1.165, 1.54) is 6.20 Å². The minimum atomic E-state index is -2.22. The number of hydrogen-bond donors (Lipinski definition) is 1. The Morgan fingerprint density at radius 3 is 2.06 bits per heavy atom. The highest BCUT2D eigenvalue weighted by Gasteiger charge is 2.34. The normalized spacial score (nSPS) is 17.5. The summed E-state index contributed by atoms with van der Waals surface area (Å²) in [6.07, 6.45) is 9.34. The van der Waals surface area contributed by atoms with Crippen molar-refractivity contribution in [1.29, 1.82) is 0 Å². The molecular weight excluding hydrogens is 613 g/mol. The van der Waals surface area contributed by atoms with Gasteiger partial charge in [0.15, 0.2) is 23.3 Å². The summed E-state index contributed by atoms with van der Waals surface area (Å²) in [5.74, 6) is -8.99. The molecule has 0 radical (unpaired) electrons. The summed E-state index contributed by atoms with van der Waals surface area (Å²) in [6, 6.07) is 6.76. The van der Waals surface area contributed by atoms with Gasteiger partial charge >= 0.3 is 0 Å². The van der Waals surface area contributed by atoms with Crippen LogP contribution in [0.5, 0.6) is 5.75 Å². The molecule has 1 fully saturated rings. The Labute approximate surface area is 275 Å². The Kier molecular flexibility index (Phi) is 12.5. The van der Waals surface area contributed by atoms with Crippen LogP contribution in [0.3, 0.4) is 0 Å². The van der Waals surface area contributed by atoms with Crippen LogP contribution in [0.1, 0.15) is 110 Å². The average molecular weight is 662 g/mol. The number of benzene rings is 2. The fourth-order valence-electron chi connectivity index (χ4n) is 6.38. The summed E-state index contributed by atoms with van der Waals surface area (Å²) in [5.41, 5.74) is -0.458. The van der Waals surface area contributed by atoms with E-state index in [9.17, 15) is 26.7 Å². The molecule has 0 saturated heterocycles. The SMILES string of the molecule is CCCCCn1cc(-c2c(F)c(F)c(F)c(F)c2F)nc1[C@H](Cc1ccc(OCCCC)cc1)NC(=O)C1CCC(C(C)(C)C)CC1. The van der Waals surface area contributed by atoms with Crippen LogP contribution in [0.25, 0.3) is 11.3 Å². The average Bonchev–Trinajstić information content (AvgIpc) is 3.46. The molecule has 3 aromatic rings. The van der Waals surface area contributed by atoms with Crippen molar-refractivity contribution >= 4 is 5.91 Å². The van der Waals surface area contributed by atoms with Crippen LogP contribution in [0.4, 0.5) is 22.0 Å². The van der Waals surface area contributed by atoms with Crippen LogP contribution in [0.15, 0.2) is 30.5 Å². The molecule has 0 spiro atoms. The van der Waals surface area contributed by atoms with E-state index >= 15 is 0 Å². The smallest absolute Gasteiger partial charge is 0.223 e. The quantitative estimate of drug-likeness (QED) is 0.0810. The zero-order chi connectivity index (χ0) is 34.3. The number of nitrogens with one attached hydrogen (secondary N) is 1. The summed E-state index contributed by atoms with van der Waals surface area (Å²) >= 11 is 0. The second-order valence-corrected chi connectivity index (χ2v) is 13.9. The van der Waals surface area contributed by atoms with Crippen LogP contribution in [-0.2, 0) is 17.8 Å². The van der Waals surface area contributed by atoms with Crippen molar-refractivity contribution in [3.05, 3.63) is 70.9 Å². The van der Waals surface area contributed by atoms with Gasteiger partial charge in [-0.25, -0.2) is 26.9 Å².